The lowest BCUT2D eigenvalue weighted by Crippen LogP contribution is -2.29. The van der Waals surface area contributed by atoms with Crippen molar-refractivity contribution in [2.45, 2.75) is 45.7 Å². The van der Waals surface area contributed by atoms with Gasteiger partial charge in [-0.1, -0.05) is 38.1 Å². The zero-order valence-corrected chi connectivity index (χ0v) is 12.7. The molecular weight excluding hydrogens is 232 g/mol. The van der Waals surface area contributed by atoms with Crippen LogP contribution in [0.2, 0.25) is 0 Å². The summed E-state index contributed by atoms with van der Waals surface area (Å²) in [6.07, 6.45) is 3.91. The Hall–Kier alpha value is -0.860. The Bertz CT molecular complexity index is 365. The standard InChI is InChI=1S/C17H28N2/c1-14(2)12-19(17-8-9-17)13-16-6-4-15(5-7-16)10-11-18-3/h4-7,14,17-18H,8-13H2,1-3H3. The fourth-order valence-corrected chi connectivity index (χ4v) is 2.57. The van der Waals surface area contributed by atoms with Gasteiger partial charge in [0.25, 0.3) is 0 Å². The molecule has 0 spiro atoms. The van der Waals surface area contributed by atoms with Crippen LogP contribution in [0.1, 0.15) is 37.8 Å². The Morgan fingerprint density at radius 2 is 1.79 bits per heavy atom. The maximum Gasteiger partial charge on any atom is 0.0236 e. The van der Waals surface area contributed by atoms with Crippen LogP contribution in [-0.4, -0.2) is 31.1 Å². The molecule has 1 aromatic carbocycles. The second kappa shape index (κ2) is 7.06. The minimum atomic E-state index is 0.760. The summed E-state index contributed by atoms with van der Waals surface area (Å²) in [6, 6.07) is 10.0. The summed E-state index contributed by atoms with van der Waals surface area (Å²) in [7, 11) is 2.01. The van der Waals surface area contributed by atoms with Gasteiger partial charge in [0.2, 0.25) is 0 Å². The summed E-state index contributed by atoms with van der Waals surface area (Å²) in [5, 5.41) is 3.20. The third kappa shape index (κ3) is 4.96. The smallest absolute Gasteiger partial charge is 0.0236 e. The highest BCUT2D eigenvalue weighted by molar-refractivity contribution is 5.23. The molecule has 19 heavy (non-hydrogen) atoms. The molecule has 0 amide bonds. The highest BCUT2D eigenvalue weighted by Gasteiger charge is 2.29. The van der Waals surface area contributed by atoms with Crippen molar-refractivity contribution in [2.24, 2.45) is 5.92 Å². The van der Waals surface area contributed by atoms with Crippen molar-refractivity contribution >= 4 is 0 Å². The molecule has 0 bridgehead atoms. The Morgan fingerprint density at radius 3 is 2.32 bits per heavy atom. The first-order chi connectivity index (χ1) is 9.19. The van der Waals surface area contributed by atoms with Crippen LogP contribution >= 0.6 is 0 Å². The molecular formula is C17H28N2. The van der Waals surface area contributed by atoms with Crippen molar-refractivity contribution in [1.82, 2.24) is 10.2 Å². The molecule has 1 fully saturated rings. The largest absolute Gasteiger partial charge is 0.319 e. The lowest BCUT2D eigenvalue weighted by atomic mass is 10.1. The summed E-state index contributed by atoms with van der Waals surface area (Å²) < 4.78 is 0. The summed E-state index contributed by atoms with van der Waals surface area (Å²) >= 11 is 0. The van der Waals surface area contributed by atoms with Gasteiger partial charge in [-0.15, -0.1) is 0 Å². The van der Waals surface area contributed by atoms with E-state index in [4.69, 9.17) is 0 Å². The Labute approximate surface area is 118 Å². The van der Waals surface area contributed by atoms with Crippen LogP contribution in [0.3, 0.4) is 0 Å². The highest BCUT2D eigenvalue weighted by Crippen LogP contribution is 2.29. The van der Waals surface area contributed by atoms with Crippen molar-refractivity contribution in [2.75, 3.05) is 20.1 Å². The zero-order chi connectivity index (χ0) is 13.7. The van der Waals surface area contributed by atoms with Crippen LogP contribution in [0.15, 0.2) is 24.3 Å². The Kier molecular flexibility index (Phi) is 5.41. The van der Waals surface area contributed by atoms with Gasteiger partial charge in [0.15, 0.2) is 0 Å². The fourth-order valence-electron chi connectivity index (χ4n) is 2.57. The van der Waals surface area contributed by atoms with E-state index in [-0.39, 0.29) is 0 Å². The third-order valence-electron chi connectivity index (χ3n) is 3.74. The molecule has 0 unspecified atom stereocenters. The van der Waals surface area contributed by atoms with Crippen molar-refractivity contribution in [1.29, 1.82) is 0 Å². The van der Waals surface area contributed by atoms with Crippen molar-refractivity contribution in [3.8, 4) is 0 Å². The fraction of sp³-hybridized carbons (Fsp3) is 0.647. The van der Waals surface area contributed by atoms with Crippen molar-refractivity contribution in [3.63, 3.8) is 0 Å². The number of nitrogens with zero attached hydrogens (tertiary/aromatic N) is 1. The zero-order valence-electron chi connectivity index (χ0n) is 12.7. The van der Waals surface area contributed by atoms with E-state index in [2.05, 4.69) is 48.3 Å². The number of likely N-dealkylation sites (N-methyl/N-ethyl adjacent to an activating group) is 1. The topological polar surface area (TPSA) is 15.3 Å². The van der Waals surface area contributed by atoms with Gasteiger partial charge in [-0.3, -0.25) is 4.90 Å². The monoisotopic (exact) mass is 260 g/mol. The van der Waals surface area contributed by atoms with E-state index >= 15 is 0 Å². The molecule has 1 aromatic rings. The minimum Gasteiger partial charge on any atom is -0.319 e. The molecule has 0 saturated heterocycles. The molecule has 2 nitrogen and oxygen atoms in total. The van der Waals surface area contributed by atoms with E-state index in [9.17, 15) is 0 Å². The van der Waals surface area contributed by atoms with Crippen LogP contribution < -0.4 is 5.32 Å². The predicted octanol–water partition coefficient (Wildman–Crippen LogP) is 3.07. The van der Waals surface area contributed by atoms with Gasteiger partial charge < -0.3 is 5.32 Å². The summed E-state index contributed by atoms with van der Waals surface area (Å²) in [5.74, 6) is 0.760. The molecule has 1 N–H and O–H groups in total. The van der Waals surface area contributed by atoms with Crippen LogP contribution in [-0.2, 0) is 13.0 Å². The van der Waals surface area contributed by atoms with E-state index in [1.54, 1.807) is 0 Å². The molecule has 2 heteroatoms. The SMILES string of the molecule is CNCCc1ccc(CN(CC(C)C)C2CC2)cc1. The molecule has 106 valence electrons. The van der Waals surface area contributed by atoms with E-state index in [1.807, 2.05) is 7.05 Å². The van der Waals surface area contributed by atoms with Crippen LogP contribution in [0.5, 0.6) is 0 Å². The minimum absolute atomic E-state index is 0.760. The summed E-state index contributed by atoms with van der Waals surface area (Å²) in [6.45, 7) is 8.04. The van der Waals surface area contributed by atoms with Gasteiger partial charge in [-0.05, 0) is 49.9 Å². The molecule has 1 aliphatic rings. The van der Waals surface area contributed by atoms with Gasteiger partial charge in [0.1, 0.15) is 0 Å². The van der Waals surface area contributed by atoms with Crippen LogP contribution in [0, 0.1) is 5.92 Å². The molecule has 0 radical (unpaired) electrons. The normalized spacial score (nSPS) is 15.4. The summed E-state index contributed by atoms with van der Waals surface area (Å²) in [5.41, 5.74) is 2.89. The second-order valence-electron chi connectivity index (χ2n) is 6.22. The average Bonchev–Trinajstić information content (AvgIpc) is 3.21. The Balaban J connectivity index is 1.89. The lowest BCUT2D eigenvalue weighted by molar-refractivity contribution is 0.226. The van der Waals surface area contributed by atoms with Gasteiger partial charge >= 0.3 is 0 Å². The average molecular weight is 260 g/mol. The molecule has 0 aromatic heterocycles. The van der Waals surface area contributed by atoms with Crippen LogP contribution in [0.4, 0.5) is 0 Å². The van der Waals surface area contributed by atoms with Gasteiger partial charge in [0.05, 0.1) is 0 Å². The number of benzene rings is 1. The number of rotatable bonds is 8. The Morgan fingerprint density at radius 1 is 1.16 bits per heavy atom. The molecule has 0 atom stereocenters. The summed E-state index contributed by atoms with van der Waals surface area (Å²) in [4.78, 5) is 2.66. The predicted molar refractivity (Wildman–Crippen MR) is 82.3 cm³/mol. The molecule has 1 aliphatic carbocycles. The highest BCUT2D eigenvalue weighted by atomic mass is 15.2. The van der Waals surface area contributed by atoms with E-state index in [1.165, 1.54) is 30.5 Å². The van der Waals surface area contributed by atoms with E-state index in [0.29, 0.717) is 0 Å². The molecule has 1 saturated carbocycles. The number of hydrogen-bond acceptors (Lipinski definition) is 2. The third-order valence-corrected chi connectivity index (χ3v) is 3.74. The maximum atomic E-state index is 3.20. The molecule has 2 rings (SSSR count). The van der Waals surface area contributed by atoms with E-state index < -0.39 is 0 Å². The number of nitrogens with one attached hydrogen (secondary N) is 1. The number of hydrogen-bond donors (Lipinski definition) is 1. The quantitative estimate of drug-likeness (QED) is 0.773. The van der Waals surface area contributed by atoms with Gasteiger partial charge in [-0.25, -0.2) is 0 Å². The van der Waals surface area contributed by atoms with Crippen molar-refractivity contribution in [3.05, 3.63) is 35.4 Å². The first kappa shape index (κ1) is 14.5. The first-order valence-corrected chi connectivity index (χ1v) is 7.65. The van der Waals surface area contributed by atoms with Gasteiger partial charge in [0, 0.05) is 19.1 Å². The van der Waals surface area contributed by atoms with Crippen LogP contribution in [0.25, 0.3) is 0 Å². The van der Waals surface area contributed by atoms with Crippen molar-refractivity contribution < 1.29 is 0 Å². The maximum absolute atomic E-state index is 3.20. The molecule has 0 heterocycles. The second-order valence-corrected chi connectivity index (χ2v) is 6.22. The van der Waals surface area contributed by atoms with Gasteiger partial charge in [-0.2, -0.15) is 0 Å². The van der Waals surface area contributed by atoms with E-state index in [0.717, 1.165) is 31.5 Å². The molecule has 0 aliphatic heterocycles. The first-order valence-electron chi connectivity index (χ1n) is 7.65. The lowest BCUT2D eigenvalue weighted by Gasteiger charge is -2.24.